The van der Waals surface area contributed by atoms with Crippen molar-refractivity contribution in [3.8, 4) is 11.5 Å². The molecule has 1 aliphatic heterocycles. The van der Waals surface area contributed by atoms with Gasteiger partial charge in [-0.25, -0.2) is 15.0 Å². The smallest absolute Gasteiger partial charge is 0.281 e. The molecule has 2 aromatic heterocycles. The first-order valence-electron chi connectivity index (χ1n) is 7.36. The lowest BCUT2D eigenvalue weighted by molar-refractivity contribution is 0.297. The summed E-state index contributed by atoms with van der Waals surface area (Å²) in [5, 5.41) is 0. The van der Waals surface area contributed by atoms with Crippen LogP contribution in [0, 0.1) is 0 Å². The summed E-state index contributed by atoms with van der Waals surface area (Å²) in [5.41, 5.74) is 1.34. The van der Waals surface area contributed by atoms with Crippen LogP contribution in [-0.4, -0.2) is 32.7 Å². The molecule has 116 valence electrons. The lowest BCUT2D eigenvalue weighted by atomic mass is 10.2. The second-order valence-electron chi connectivity index (χ2n) is 5.24. The van der Waals surface area contributed by atoms with Crippen molar-refractivity contribution in [2.75, 3.05) is 13.2 Å². The van der Waals surface area contributed by atoms with Gasteiger partial charge < -0.3 is 9.47 Å². The molecule has 0 fully saturated rings. The molecule has 4 rings (SSSR count). The van der Waals surface area contributed by atoms with Gasteiger partial charge >= 0.3 is 0 Å². The molecule has 0 radical (unpaired) electrons. The van der Waals surface area contributed by atoms with E-state index in [-0.39, 0.29) is 11.1 Å². The first kappa shape index (κ1) is 13.7. The normalized spacial score (nSPS) is 13.7. The summed E-state index contributed by atoms with van der Waals surface area (Å²) in [6.45, 7) is 1.66. The average molecular weight is 310 g/mol. The van der Waals surface area contributed by atoms with E-state index in [1.807, 2.05) is 18.2 Å². The van der Waals surface area contributed by atoms with Crippen molar-refractivity contribution >= 4 is 11.2 Å². The average Bonchev–Trinajstić information content (AvgIpc) is 2.82. The van der Waals surface area contributed by atoms with E-state index in [4.69, 9.17) is 9.47 Å². The molecule has 3 heterocycles. The minimum atomic E-state index is -0.213. The molecule has 0 amide bonds. The first-order valence-corrected chi connectivity index (χ1v) is 7.36. The minimum absolute atomic E-state index is 0.213. The summed E-state index contributed by atoms with van der Waals surface area (Å²) >= 11 is 0. The SMILES string of the molecule is O=c1c2nccnc2ncn1Cc1ccc2c(c1)OCCCO2. The third kappa shape index (κ3) is 2.61. The van der Waals surface area contributed by atoms with Gasteiger partial charge in [-0.15, -0.1) is 0 Å². The van der Waals surface area contributed by atoms with Crippen molar-refractivity contribution < 1.29 is 9.47 Å². The van der Waals surface area contributed by atoms with E-state index in [9.17, 15) is 4.79 Å². The molecule has 3 aromatic rings. The Labute approximate surface area is 131 Å². The monoisotopic (exact) mass is 310 g/mol. The fourth-order valence-corrected chi connectivity index (χ4v) is 2.50. The summed E-state index contributed by atoms with van der Waals surface area (Å²) in [6.07, 6.45) is 5.35. The van der Waals surface area contributed by atoms with Gasteiger partial charge in [-0.05, 0) is 17.7 Å². The van der Waals surface area contributed by atoms with Crippen LogP contribution in [0.25, 0.3) is 11.2 Å². The molecular formula is C16H14N4O3. The largest absolute Gasteiger partial charge is 0.490 e. The third-order valence-electron chi connectivity index (χ3n) is 3.63. The second kappa shape index (κ2) is 5.68. The summed E-state index contributed by atoms with van der Waals surface area (Å²) in [4.78, 5) is 24.7. The summed E-state index contributed by atoms with van der Waals surface area (Å²) in [5.74, 6) is 1.45. The van der Waals surface area contributed by atoms with E-state index < -0.39 is 0 Å². The van der Waals surface area contributed by atoms with Gasteiger partial charge in [-0.3, -0.25) is 9.36 Å². The zero-order chi connectivity index (χ0) is 15.6. The van der Waals surface area contributed by atoms with Gasteiger partial charge in [0.2, 0.25) is 0 Å². The van der Waals surface area contributed by atoms with Crippen LogP contribution in [-0.2, 0) is 6.54 Å². The molecule has 1 aliphatic rings. The van der Waals surface area contributed by atoms with Crippen molar-refractivity contribution in [1.29, 1.82) is 0 Å². The molecule has 0 aliphatic carbocycles. The standard InChI is InChI=1S/C16H14N4O3/c21-16-14-15(18-5-4-17-14)19-10-20(16)9-11-2-3-12-13(8-11)23-7-1-6-22-12/h2-5,8,10H,1,6-7,9H2. The van der Waals surface area contributed by atoms with Gasteiger partial charge in [0, 0.05) is 18.8 Å². The van der Waals surface area contributed by atoms with Crippen LogP contribution in [0.2, 0.25) is 0 Å². The maximum atomic E-state index is 12.4. The molecule has 23 heavy (non-hydrogen) atoms. The lowest BCUT2D eigenvalue weighted by Crippen LogP contribution is -2.22. The Balaban J connectivity index is 1.69. The zero-order valence-corrected chi connectivity index (χ0v) is 12.3. The van der Waals surface area contributed by atoms with Gasteiger partial charge in [0.05, 0.1) is 19.8 Å². The number of fused-ring (bicyclic) bond motifs is 2. The minimum Gasteiger partial charge on any atom is -0.490 e. The van der Waals surface area contributed by atoms with Crippen molar-refractivity contribution in [3.05, 3.63) is 52.8 Å². The molecule has 0 bridgehead atoms. The van der Waals surface area contributed by atoms with Crippen molar-refractivity contribution in [2.24, 2.45) is 0 Å². The summed E-state index contributed by atoms with van der Waals surface area (Å²) in [6, 6.07) is 5.68. The Morgan fingerprint density at radius 3 is 2.78 bits per heavy atom. The van der Waals surface area contributed by atoms with E-state index in [1.165, 1.54) is 23.3 Å². The summed E-state index contributed by atoms with van der Waals surface area (Å²) in [7, 11) is 0. The number of hydrogen-bond acceptors (Lipinski definition) is 6. The molecular weight excluding hydrogens is 296 g/mol. The first-order chi connectivity index (χ1) is 11.3. The highest BCUT2D eigenvalue weighted by atomic mass is 16.5. The Kier molecular flexibility index (Phi) is 3.38. The number of aromatic nitrogens is 4. The van der Waals surface area contributed by atoms with Crippen molar-refractivity contribution in [2.45, 2.75) is 13.0 Å². The van der Waals surface area contributed by atoms with Crippen LogP contribution in [0.3, 0.4) is 0 Å². The molecule has 7 heteroatoms. The highest BCUT2D eigenvalue weighted by Crippen LogP contribution is 2.30. The van der Waals surface area contributed by atoms with E-state index >= 15 is 0 Å². The van der Waals surface area contributed by atoms with Gasteiger partial charge in [0.15, 0.2) is 22.7 Å². The van der Waals surface area contributed by atoms with E-state index in [0.717, 1.165) is 17.7 Å². The molecule has 0 atom stereocenters. The van der Waals surface area contributed by atoms with Crippen molar-refractivity contribution in [1.82, 2.24) is 19.5 Å². The van der Waals surface area contributed by atoms with Crippen LogP contribution >= 0.6 is 0 Å². The van der Waals surface area contributed by atoms with Gasteiger partial charge in [0.1, 0.15) is 6.33 Å². The predicted molar refractivity (Wildman–Crippen MR) is 82.7 cm³/mol. The Bertz CT molecular complexity index is 923. The number of hydrogen-bond donors (Lipinski definition) is 0. The molecule has 0 N–H and O–H groups in total. The quantitative estimate of drug-likeness (QED) is 0.712. The highest BCUT2D eigenvalue weighted by Gasteiger charge is 2.12. The van der Waals surface area contributed by atoms with Crippen LogP contribution in [0.4, 0.5) is 0 Å². The number of rotatable bonds is 2. The Hall–Kier alpha value is -2.96. The maximum absolute atomic E-state index is 12.4. The van der Waals surface area contributed by atoms with E-state index in [1.54, 1.807) is 0 Å². The van der Waals surface area contributed by atoms with E-state index in [2.05, 4.69) is 15.0 Å². The molecule has 0 spiro atoms. The maximum Gasteiger partial charge on any atom is 0.281 e. The predicted octanol–water partition coefficient (Wildman–Crippen LogP) is 1.40. The van der Waals surface area contributed by atoms with Crippen LogP contribution in [0.5, 0.6) is 11.5 Å². The molecule has 0 saturated heterocycles. The Morgan fingerprint density at radius 1 is 1.04 bits per heavy atom. The Morgan fingerprint density at radius 2 is 1.87 bits per heavy atom. The van der Waals surface area contributed by atoms with Gasteiger partial charge in [0.25, 0.3) is 5.56 Å². The van der Waals surface area contributed by atoms with Gasteiger partial charge in [-0.2, -0.15) is 0 Å². The summed E-state index contributed by atoms with van der Waals surface area (Å²) < 4.78 is 12.8. The van der Waals surface area contributed by atoms with Crippen LogP contribution in [0.15, 0.2) is 41.7 Å². The lowest BCUT2D eigenvalue weighted by Gasteiger charge is -2.10. The van der Waals surface area contributed by atoms with Crippen LogP contribution < -0.4 is 15.0 Å². The van der Waals surface area contributed by atoms with E-state index in [0.29, 0.717) is 31.2 Å². The number of benzene rings is 1. The number of nitrogens with zero attached hydrogens (tertiary/aromatic N) is 4. The van der Waals surface area contributed by atoms with Gasteiger partial charge in [-0.1, -0.05) is 6.07 Å². The van der Waals surface area contributed by atoms with Crippen LogP contribution in [0.1, 0.15) is 12.0 Å². The third-order valence-corrected chi connectivity index (χ3v) is 3.63. The number of ether oxygens (including phenoxy) is 2. The fourth-order valence-electron chi connectivity index (χ4n) is 2.50. The second-order valence-corrected chi connectivity index (χ2v) is 5.24. The highest BCUT2D eigenvalue weighted by molar-refractivity contribution is 5.66. The van der Waals surface area contributed by atoms with Crippen molar-refractivity contribution in [3.63, 3.8) is 0 Å². The molecule has 0 saturated carbocycles. The molecule has 1 aromatic carbocycles. The molecule has 0 unspecified atom stereocenters. The zero-order valence-electron chi connectivity index (χ0n) is 12.3. The fraction of sp³-hybridized carbons (Fsp3) is 0.250. The topological polar surface area (TPSA) is 79.1 Å². The molecule has 7 nitrogen and oxygen atoms in total.